The van der Waals surface area contributed by atoms with Gasteiger partial charge in [-0.25, -0.2) is 0 Å². The lowest BCUT2D eigenvalue weighted by atomic mass is 9.32. The third-order valence-corrected chi connectivity index (χ3v) is 13.5. The second-order valence-electron chi connectivity index (χ2n) is 14.5. The van der Waals surface area contributed by atoms with Crippen LogP contribution in [0.4, 0.5) is 0 Å². The molecule has 3 nitrogen and oxygen atoms in total. The smallest absolute Gasteiger partial charge is 0.309 e. The third-order valence-electron chi connectivity index (χ3n) is 13.5. The lowest BCUT2D eigenvalue weighted by Crippen LogP contribution is -2.67. The Morgan fingerprint density at radius 2 is 1.52 bits per heavy atom. The minimum absolute atomic E-state index is 0.0202. The van der Waals surface area contributed by atoms with E-state index >= 15 is 0 Å². The molecular weight excluding hydrogens is 408 g/mol. The van der Waals surface area contributed by atoms with Crippen LogP contribution in [0.25, 0.3) is 0 Å². The number of aliphatic hydroxyl groups excluding tert-OH is 1. The molecule has 2 N–H and O–H groups in total. The molecular formula is C30H48O3. The fourth-order valence-corrected chi connectivity index (χ4v) is 11.5. The Morgan fingerprint density at radius 1 is 0.818 bits per heavy atom. The number of fused-ring (bicyclic) bond motifs is 7. The number of carboxylic acid groups (broad SMARTS) is 1. The van der Waals surface area contributed by atoms with Gasteiger partial charge >= 0.3 is 5.97 Å². The topological polar surface area (TPSA) is 57.5 Å². The lowest BCUT2D eigenvalue weighted by Gasteiger charge is -2.72. The monoisotopic (exact) mass is 456 g/mol. The number of hydrogen-bond donors (Lipinski definition) is 2. The molecule has 0 spiro atoms. The highest BCUT2D eigenvalue weighted by atomic mass is 16.4. The fourth-order valence-electron chi connectivity index (χ4n) is 11.5. The Bertz CT molecular complexity index is 861. The van der Waals surface area contributed by atoms with E-state index in [-0.39, 0.29) is 33.7 Å². The van der Waals surface area contributed by atoms with E-state index in [4.69, 9.17) is 0 Å². The second-order valence-corrected chi connectivity index (χ2v) is 14.5. The first-order valence-electron chi connectivity index (χ1n) is 13.8. The van der Waals surface area contributed by atoms with Crippen LogP contribution >= 0.6 is 0 Å². The summed E-state index contributed by atoms with van der Waals surface area (Å²) in [6.07, 6.45) is 10.5. The van der Waals surface area contributed by atoms with Gasteiger partial charge < -0.3 is 10.2 Å². The molecule has 186 valence electrons. The van der Waals surface area contributed by atoms with Crippen LogP contribution in [-0.2, 0) is 4.79 Å². The highest BCUT2D eigenvalue weighted by molar-refractivity contribution is 5.76. The summed E-state index contributed by atoms with van der Waals surface area (Å²) in [6.45, 7) is 18.8. The van der Waals surface area contributed by atoms with E-state index in [2.05, 4.69) is 48.1 Å². The van der Waals surface area contributed by atoms with Crippen molar-refractivity contribution in [1.29, 1.82) is 0 Å². The average molecular weight is 457 g/mol. The number of rotatable bonds is 2. The number of aliphatic carboxylic acids is 1. The molecule has 3 heteroatoms. The largest absolute Gasteiger partial charge is 0.481 e. The normalized spacial score (nSPS) is 55.0. The molecule has 0 aliphatic heterocycles. The maximum absolute atomic E-state index is 12.8. The summed E-state index contributed by atoms with van der Waals surface area (Å²) in [7, 11) is 0. The molecule has 5 aliphatic rings. The minimum Gasteiger partial charge on any atom is -0.481 e. The number of carbonyl (C=O) groups is 1. The zero-order valence-electron chi connectivity index (χ0n) is 22.0. The first-order chi connectivity index (χ1) is 15.3. The van der Waals surface area contributed by atoms with Crippen molar-refractivity contribution in [1.82, 2.24) is 0 Å². The summed E-state index contributed by atoms with van der Waals surface area (Å²) in [6, 6.07) is 0. The van der Waals surface area contributed by atoms with Gasteiger partial charge in [-0.3, -0.25) is 4.79 Å². The van der Waals surface area contributed by atoms with Crippen molar-refractivity contribution in [3.05, 3.63) is 12.2 Å². The summed E-state index contributed by atoms with van der Waals surface area (Å²) in [4.78, 5) is 12.8. The number of carboxylic acids is 1. The first-order valence-corrected chi connectivity index (χ1v) is 13.8. The number of aliphatic hydroxyl groups is 1. The molecule has 5 rings (SSSR count). The minimum atomic E-state index is -0.538. The van der Waals surface area contributed by atoms with E-state index < -0.39 is 11.4 Å². The maximum Gasteiger partial charge on any atom is 0.309 e. The highest BCUT2D eigenvalue weighted by Crippen LogP contribution is 2.77. The summed E-state index contributed by atoms with van der Waals surface area (Å²) >= 11 is 0. The van der Waals surface area contributed by atoms with Crippen LogP contribution in [0.3, 0.4) is 0 Å². The van der Waals surface area contributed by atoms with E-state index in [0.29, 0.717) is 23.7 Å². The molecule has 0 aromatic rings. The third kappa shape index (κ3) is 2.75. The molecule has 5 aliphatic carbocycles. The molecule has 5 saturated carbocycles. The molecule has 0 aromatic heterocycles. The van der Waals surface area contributed by atoms with Gasteiger partial charge in [-0.15, -0.1) is 0 Å². The summed E-state index contributed by atoms with van der Waals surface area (Å²) in [5, 5.41) is 21.4. The van der Waals surface area contributed by atoms with Crippen molar-refractivity contribution in [2.24, 2.45) is 56.7 Å². The van der Waals surface area contributed by atoms with Crippen molar-refractivity contribution in [2.45, 2.75) is 112 Å². The lowest BCUT2D eigenvalue weighted by molar-refractivity contribution is -0.248. The van der Waals surface area contributed by atoms with Gasteiger partial charge in [-0.05, 0) is 122 Å². The van der Waals surface area contributed by atoms with Crippen molar-refractivity contribution in [2.75, 3.05) is 0 Å². The van der Waals surface area contributed by atoms with Gasteiger partial charge in [0.1, 0.15) is 0 Å². The van der Waals surface area contributed by atoms with Crippen molar-refractivity contribution in [3.63, 3.8) is 0 Å². The van der Waals surface area contributed by atoms with Crippen LogP contribution in [-0.4, -0.2) is 22.3 Å². The molecule has 0 bridgehead atoms. The maximum atomic E-state index is 12.8. The van der Waals surface area contributed by atoms with Crippen LogP contribution in [0.2, 0.25) is 0 Å². The van der Waals surface area contributed by atoms with E-state index in [0.717, 1.165) is 38.5 Å². The van der Waals surface area contributed by atoms with Crippen LogP contribution in [0.15, 0.2) is 12.2 Å². The van der Waals surface area contributed by atoms with Gasteiger partial charge in [0, 0.05) is 0 Å². The van der Waals surface area contributed by atoms with Crippen LogP contribution in [0.5, 0.6) is 0 Å². The predicted molar refractivity (Wildman–Crippen MR) is 133 cm³/mol. The van der Waals surface area contributed by atoms with Gasteiger partial charge in [0.2, 0.25) is 0 Å². The van der Waals surface area contributed by atoms with Crippen LogP contribution in [0, 0.1) is 56.7 Å². The van der Waals surface area contributed by atoms with Crippen molar-refractivity contribution in [3.8, 4) is 0 Å². The fraction of sp³-hybridized carbons (Fsp3) is 0.900. The summed E-state index contributed by atoms with van der Waals surface area (Å²) in [5.74, 6) is 1.79. The van der Waals surface area contributed by atoms with E-state index in [9.17, 15) is 15.0 Å². The van der Waals surface area contributed by atoms with E-state index in [1.807, 2.05) is 0 Å². The zero-order valence-corrected chi connectivity index (χ0v) is 22.0. The van der Waals surface area contributed by atoms with Gasteiger partial charge in [0.25, 0.3) is 0 Å². The SMILES string of the molecule is C=C(C)[C@@H]1CC[C@]2(C(=O)O)CC[C@]3(C)[C@@H](CC[C@@H]4[C@@]5(C)CC[C@H](O)C(C)(C)[C@H]5CC[C@]43C)[C@@H]12. The summed E-state index contributed by atoms with van der Waals surface area (Å²) in [5.41, 5.74) is 1.35. The predicted octanol–water partition coefficient (Wildman–Crippen LogP) is 7.09. The van der Waals surface area contributed by atoms with Gasteiger partial charge in [-0.2, -0.15) is 0 Å². The Labute approximate surface area is 201 Å². The van der Waals surface area contributed by atoms with Crippen molar-refractivity contribution < 1.29 is 15.0 Å². The van der Waals surface area contributed by atoms with Crippen LogP contribution in [0.1, 0.15) is 106 Å². The Balaban J connectivity index is 1.57. The molecule has 33 heavy (non-hydrogen) atoms. The van der Waals surface area contributed by atoms with Crippen molar-refractivity contribution >= 4 is 5.97 Å². The van der Waals surface area contributed by atoms with Crippen LogP contribution < -0.4 is 0 Å². The van der Waals surface area contributed by atoms with Gasteiger partial charge in [-0.1, -0.05) is 46.8 Å². The average Bonchev–Trinajstić information content (AvgIpc) is 3.13. The molecule has 0 unspecified atom stereocenters. The quantitative estimate of drug-likeness (QED) is 0.436. The Hall–Kier alpha value is -0.830. The molecule has 0 amide bonds. The Morgan fingerprint density at radius 3 is 2.15 bits per heavy atom. The standard InChI is InChI=1S/C30H48O3/c1-18(2)19-10-15-30(25(32)33)17-16-28(6)20(24(19)30)8-9-22-27(5)13-12-23(31)26(3,4)21(27)11-14-29(22,28)7/h19-24,31H,1,8-17H2,2-7H3,(H,32,33)/t19-,20-,21+,22+,23-,24+,27-,28+,29+,30-/m0/s1. The highest BCUT2D eigenvalue weighted by Gasteiger charge is 2.71. The number of allylic oxidation sites excluding steroid dienone is 1. The molecule has 0 aromatic carbocycles. The number of hydrogen-bond acceptors (Lipinski definition) is 2. The Kier molecular flexibility index (Phi) is 5.15. The molecule has 0 saturated heterocycles. The second kappa shape index (κ2) is 7.11. The first kappa shape index (κ1) is 23.9. The van der Waals surface area contributed by atoms with E-state index in [1.54, 1.807) is 0 Å². The summed E-state index contributed by atoms with van der Waals surface area (Å²) < 4.78 is 0. The van der Waals surface area contributed by atoms with Gasteiger partial charge in [0.15, 0.2) is 0 Å². The zero-order chi connectivity index (χ0) is 24.2. The van der Waals surface area contributed by atoms with E-state index in [1.165, 1.54) is 31.3 Å². The molecule has 0 heterocycles. The van der Waals surface area contributed by atoms with Gasteiger partial charge in [0.05, 0.1) is 11.5 Å². The molecule has 10 atom stereocenters. The molecule has 5 fully saturated rings. The molecule has 0 radical (unpaired) electrons.